The van der Waals surface area contributed by atoms with Crippen LogP contribution in [0.1, 0.15) is 10.4 Å². The Labute approximate surface area is 149 Å². The molecule has 0 fully saturated rings. The van der Waals surface area contributed by atoms with E-state index in [9.17, 15) is 9.59 Å². The summed E-state index contributed by atoms with van der Waals surface area (Å²) in [7, 11) is 0. The van der Waals surface area contributed by atoms with E-state index in [0.29, 0.717) is 17.1 Å². The van der Waals surface area contributed by atoms with Crippen LogP contribution in [0.25, 0.3) is 28.2 Å². The monoisotopic (exact) mass is 341 g/mol. The van der Waals surface area contributed by atoms with E-state index in [-0.39, 0.29) is 5.56 Å². The van der Waals surface area contributed by atoms with Crippen molar-refractivity contribution in [1.82, 2.24) is 14.8 Å². The van der Waals surface area contributed by atoms with Gasteiger partial charge >= 0.3 is 0 Å². The van der Waals surface area contributed by atoms with Gasteiger partial charge in [0.1, 0.15) is 6.29 Å². The minimum absolute atomic E-state index is 0.174. The summed E-state index contributed by atoms with van der Waals surface area (Å²) in [5, 5.41) is 3.10. The number of aldehydes is 1. The number of H-pyrrole nitrogens is 1. The highest BCUT2D eigenvalue weighted by Crippen LogP contribution is 2.25. The average molecular weight is 341 g/mol. The van der Waals surface area contributed by atoms with Crippen LogP contribution in [-0.4, -0.2) is 21.1 Å². The predicted octanol–water partition coefficient (Wildman–Crippen LogP) is 3.71. The lowest BCUT2D eigenvalue weighted by molar-refractivity contribution is 0.112. The zero-order valence-corrected chi connectivity index (χ0v) is 13.8. The zero-order valence-electron chi connectivity index (χ0n) is 13.8. The number of hydrogen-bond acceptors (Lipinski definition) is 3. The standard InChI is InChI=1S/C21H15N3O2/c25-14-15-5-3-6-16(11-15)17-7-4-8-18(12-17)19-13-21(26)24(23-19)20-9-1-2-10-22-20/h1-14,23H. The molecule has 4 rings (SSSR count). The van der Waals surface area contributed by atoms with Crippen LogP contribution >= 0.6 is 0 Å². The molecule has 5 heteroatoms. The Balaban J connectivity index is 1.76. The molecule has 0 aliphatic rings. The molecule has 0 spiro atoms. The third kappa shape index (κ3) is 2.98. The Morgan fingerprint density at radius 3 is 2.38 bits per heavy atom. The molecule has 0 atom stereocenters. The summed E-state index contributed by atoms with van der Waals surface area (Å²) in [6, 6.07) is 22.2. The van der Waals surface area contributed by atoms with Gasteiger partial charge in [-0.2, -0.15) is 0 Å². The molecule has 0 saturated carbocycles. The predicted molar refractivity (Wildman–Crippen MR) is 100 cm³/mol. The highest BCUT2D eigenvalue weighted by atomic mass is 16.1. The summed E-state index contributed by atoms with van der Waals surface area (Å²) in [6.45, 7) is 0. The lowest BCUT2D eigenvalue weighted by atomic mass is 10.0. The van der Waals surface area contributed by atoms with Crippen LogP contribution in [0, 0.1) is 0 Å². The van der Waals surface area contributed by atoms with Gasteiger partial charge in [0, 0.05) is 23.4 Å². The van der Waals surface area contributed by atoms with Gasteiger partial charge in [-0.25, -0.2) is 9.67 Å². The Kier molecular flexibility index (Phi) is 4.03. The molecule has 0 saturated heterocycles. The molecule has 5 nitrogen and oxygen atoms in total. The summed E-state index contributed by atoms with van der Waals surface area (Å²) < 4.78 is 1.41. The van der Waals surface area contributed by atoms with Gasteiger partial charge in [0.15, 0.2) is 5.82 Å². The van der Waals surface area contributed by atoms with Crippen LogP contribution in [0.3, 0.4) is 0 Å². The van der Waals surface area contributed by atoms with Gasteiger partial charge in [0.25, 0.3) is 5.56 Å². The first-order valence-corrected chi connectivity index (χ1v) is 8.14. The number of rotatable bonds is 4. The number of pyridine rings is 1. The fourth-order valence-electron chi connectivity index (χ4n) is 2.86. The maximum absolute atomic E-state index is 12.3. The molecule has 0 amide bonds. The Morgan fingerprint density at radius 1 is 0.846 bits per heavy atom. The lowest BCUT2D eigenvalue weighted by Gasteiger charge is -2.05. The fourth-order valence-corrected chi connectivity index (χ4v) is 2.86. The van der Waals surface area contributed by atoms with Crippen molar-refractivity contribution in [2.24, 2.45) is 0 Å². The molecular formula is C21H15N3O2. The number of carbonyl (C=O) groups excluding carboxylic acids is 1. The van der Waals surface area contributed by atoms with Crippen molar-refractivity contribution in [2.75, 3.05) is 0 Å². The molecule has 0 unspecified atom stereocenters. The number of nitrogens with zero attached hydrogens (tertiary/aromatic N) is 2. The van der Waals surface area contributed by atoms with Crippen molar-refractivity contribution < 1.29 is 4.79 Å². The Bertz CT molecular complexity index is 1130. The van der Waals surface area contributed by atoms with Crippen molar-refractivity contribution in [3.05, 3.63) is 94.9 Å². The molecule has 2 heterocycles. The first-order valence-electron chi connectivity index (χ1n) is 8.14. The topological polar surface area (TPSA) is 67.8 Å². The van der Waals surface area contributed by atoms with Crippen LogP contribution in [-0.2, 0) is 0 Å². The first-order chi connectivity index (χ1) is 12.7. The maximum atomic E-state index is 12.3. The van der Waals surface area contributed by atoms with Crippen molar-refractivity contribution in [1.29, 1.82) is 0 Å². The summed E-state index contributed by atoms with van der Waals surface area (Å²) in [5.74, 6) is 0.540. The van der Waals surface area contributed by atoms with E-state index in [1.54, 1.807) is 30.5 Å². The molecule has 4 aromatic rings. The van der Waals surface area contributed by atoms with Crippen molar-refractivity contribution in [2.45, 2.75) is 0 Å². The smallest absolute Gasteiger partial charge is 0.273 e. The summed E-state index contributed by atoms with van der Waals surface area (Å²) >= 11 is 0. The average Bonchev–Trinajstić information content (AvgIpc) is 3.10. The normalized spacial score (nSPS) is 10.6. The number of benzene rings is 2. The zero-order chi connectivity index (χ0) is 17.9. The van der Waals surface area contributed by atoms with Crippen LogP contribution in [0.4, 0.5) is 0 Å². The molecule has 0 bridgehead atoms. The van der Waals surface area contributed by atoms with E-state index in [0.717, 1.165) is 23.0 Å². The minimum atomic E-state index is -0.174. The van der Waals surface area contributed by atoms with Gasteiger partial charge in [-0.3, -0.25) is 14.7 Å². The van der Waals surface area contributed by atoms with E-state index in [1.807, 2.05) is 48.5 Å². The summed E-state index contributed by atoms with van der Waals surface area (Å²) in [5.41, 5.74) is 3.95. The third-order valence-electron chi connectivity index (χ3n) is 4.13. The van der Waals surface area contributed by atoms with E-state index in [2.05, 4.69) is 10.1 Å². The van der Waals surface area contributed by atoms with Gasteiger partial charge < -0.3 is 0 Å². The number of carbonyl (C=O) groups is 1. The number of aromatic amines is 1. The number of aromatic nitrogens is 3. The summed E-state index contributed by atoms with van der Waals surface area (Å²) in [4.78, 5) is 27.5. The SMILES string of the molecule is O=Cc1cccc(-c2cccc(-c3cc(=O)n(-c4ccccn4)[nH]3)c2)c1. The molecular weight excluding hydrogens is 326 g/mol. The van der Waals surface area contributed by atoms with Gasteiger partial charge in [-0.05, 0) is 35.4 Å². The molecule has 126 valence electrons. The van der Waals surface area contributed by atoms with Crippen molar-refractivity contribution >= 4 is 6.29 Å². The van der Waals surface area contributed by atoms with Gasteiger partial charge in [-0.15, -0.1) is 0 Å². The molecule has 0 radical (unpaired) electrons. The van der Waals surface area contributed by atoms with Crippen LogP contribution in [0.2, 0.25) is 0 Å². The minimum Gasteiger partial charge on any atom is -0.298 e. The second-order valence-electron chi connectivity index (χ2n) is 5.86. The van der Waals surface area contributed by atoms with Gasteiger partial charge in [0.05, 0.1) is 5.69 Å². The second-order valence-corrected chi connectivity index (χ2v) is 5.86. The molecule has 2 aromatic carbocycles. The lowest BCUT2D eigenvalue weighted by Crippen LogP contribution is -2.14. The number of nitrogens with one attached hydrogen (secondary N) is 1. The fraction of sp³-hybridized carbons (Fsp3) is 0. The van der Waals surface area contributed by atoms with Gasteiger partial charge in [0.2, 0.25) is 0 Å². The molecule has 26 heavy (non-hydrogen) atoms. The largest absolute Gasteiger partial charge is 0.298 e. The van der Waals surface area contributed by atoms with E-state index >= 15 is 0 Å². The van der Waals surface area contributed by atoms with E-state index in [1.165, 1.54) is 4.68 Å². The second kappa shape index (κ2) is 6.64. The molecule has 0 aliphatic heterocycles. The maximum Gasteiger partial charge on any atom is 0.273 e. The van der Waals surface area contributed by atoms with E-state index in [4.69, 9.17) is 0 Å². The third-order valence-corrected chi connectivity index (χ3v) is 4.13. The highest BCUT2D eigenvalue weighted by molar-refractivity contribution is 5.80. The van der Waals surface area contributed by atoms with Crippen LogP contribution in [0.5, 0.6) is 0 Å². The van der Waals surface area contributed by atoms with Crippen LogP contribution in [0.15, 0.2) is 83.8 Å². The quantitative estimate of drug-likeness (QED) is 0.575. The van der Waals surface area contributed by atoms with Gasteiger partial charge in [-0.1, -0.05) is 42.5 Å². The van der Waals surface area contributed by atoms with Crippen molar-refractivity contribution in [3.8, 4) is 28.2 Å². The van der Waals surface area contributed by atoms with E-state index < -0.39 is 0 Å². The Hall–Kier alpha value is -3.73. The van der Waals surface area contributed by atoms with Crippen molar-refractivity contribution in [3.63, 3.8) is 0 Å². The molecule has 2 aromatic heterocycles. The Morgan fingerprint density at radius 2 is 1.62 bits per heavy atom. The van der Waals surface area contributed by atoms with Crippen LogP contribution < -0.4 is 5.56 Å². The molecule has 0 aliphatic carbocycles. The first kappa shape index (κ1) is 15.8. The highest BCUT2D eigenvalue weighted by Gasteiger charge is 2.09. The number of hydrogen-bond donors (Lipinski definition) is 1. The summed E-state index contributed by atoms with van der Waals surface area (Å²) in [6.07, 6.45) is 2.47. The molecule has 1 N–H and O–H groups in total.